The van der Waals surface area contributed by atoms with Gasteiger partial charge < -0.3 is 14.6 Å². The fourth-order valence-electron chi connectivity index (χ4n) is 3.27. The second-order valence-electron chi connectivity index (χ2n) is 7.07. The zero-order valence-electron chi connectivity index (χ0n) is 15.7. The molecule has 1 heterocycles. The Labute approximate surface area is 166 Å². The van der Waals surface area contributed by atoms with Crippen molar-refractivity contribution in [1.29, 1.82) is 0 Å². The van der Waals surface area contributed by atoms with Gasteiger partial charge in [0.1, 0.15) is 11.5 Å². The minimum absolute atomic E-state index is 0.0700. The van der Waals surface area contributed by atoms with E-state index in [9.17, 15) is 18.0 Å². The molecule has 29 heavy (non-hydrogen) atoms. The first-order valence-electron chi connectivity index (χ1n) is 9.28. The molecular formula is C21H22F3NO4. The van der Waals surface area contributed by atoms with E-state index < -0.39 is 12.3 Å². The number of carbonyl (C=O) groups is 1. The van der Waals surface area contributed by atoms with Crippen molar-refractivity contribution in [2.45, 2.75) is 25.7 Å². The minimum atomic E-state index is -4.71. The predicted molar refractivity (Wildman–Crippen MR) is 99.8 cm³/mol. The van der Waals surface area contributed by atoms with Crippen molar-refractivity contribution in [3.63, 3.8) is 0 Å². The topological polar surface area (TPSA) is 59.0 Å². The number of rotatable bonds is 9. The van der Waals surface area contributed by atoms with E-state index in [1.54, 1.807) is 12.1 Å². The predicted octanol–water partition coefficient (Wildman–Crippen LogP) is 4.11. The van der Waals surface area contributed by atoms with Crippen LogP contribution in [0.15, 0.2) is 48.5 Å². The SMILES string of the molecule is O=C(O)CCc1cccc(OCC2CN(Cc3ccccc3OC(F)(F)F)C2)c1. The van der Waals surface area contributed by atoms with Crippen molar-refractivity contribution in [3.8, 4) is 11.5 Å². The smallest absolute Gasteiger partial charge is 0.493 e. The van der Waals surface area contributed by atoms with Crippen LogP contribution >= 0.6 is 0 Å². The van der Waals surface area contributed by atoms with Crippen LogP contribution in [0.1, 0.15) is 17.5 Å². The third-order valence-corrected chi connectivity index (χ3v) is 4.64. The van der Waals surface area contributed by atoms with Crippen molar-refractivity contribution >= 4 is 5.97 Å². The highest BCUT2D eigenvalue weighted by Gasteiger charge is 2.33. The van der Waals surface area contributed by atoms with Gasteiger partial charge in [0.25, 0.3) is 0 Å². The Morgan fingerprint density at radius 1 is 1.14 bits per heavy atom. The number of aliphatic carboxylic acids is 1. The van der Waals surface area contributed by atoms with Crippen LogP contribution in [0.3, 0.4) is 0 Å². The van der Waals surface area contributed by atoms with Crippen LogP contribution in [-0.4, -0.2) is 42.0 Å². The number of hydrogen-bond acceptors (Lipinski definition) is 4. The van der Waals surface area contributed by atoms with Gasteiger partial charge in [-0.1, -0.05) is 30.3 Å². The lowest BCUT2D eigenvalue weighted by Gasteiger charge is -2.39. The molecular weight excluding hydrogens is 387 g/mol. The molecule has 0 aliphatic carbocycles. The van der Waals surface area contributed by atoms with Gasteiger partial charge in [0.2, 0.25) is 0 Å². The van der Waals surface area contributed by atoms with Crippen LogP contribution in [0.2, 0.25) is 0 Å². The quantitative estimate of drug-likeness (QED) is 0.675. The zero-order chi connectivity index (χ0) is 20.9. The maximum atomic E-state index is 12.5. The number of halogens is 3. The minimum Gasteiger partial charge on any atom is -0.493 e. The second-order valence-corrected chi connectivity index (χ2v) is 7.07. The summed E-state index contributed by atoms with van der Waals surface area (Å²) in [5.74, 6) is -0.0328. The number of alkyl halides is 3. The summed E-state index contributed by atoms with van der Waals surface area (Å²) in [7, 11) is 0. The molecule has 0 spiro atoms. The van der Waals surface area contributed by atoms with Crippen LogP contribution < -0.4 is 9.47 Å². The van der Waals surface area contributed by atoms with E-state index in [1.165, 1.54) is 12.1 Å². The van der Waals surface area contributed by atoms with Crippen molar-refractivity contribution < 1.29 is 32.5 Å². The van der Waals surface area contributed by atoms with Crippen molar-refractivity contribution in [2.24, 2.45) is 5.92 Å². The summed E-state index contributed by atoms with van der Waals surface area (Å²) in [4.78, 5) is 12.7. The van der Waals surface area contributed by atoms with Gasteiger partial charge in [-0.3, -0.25) is 9.69 Å². The van der Waals surface area contributed by atoms with E-state index in [0.29, 0.717) is 30.9 Å². The lowest BCUT2D eigenvalue weighted by atomic mass is 10.00. The van der Waals surface area contributed by atoms with E-state index in [0.717, 1.165) is 18.7 Å². The van der Waals surface area contributed by atoms with Crippen molar-refractivity contribution in [1.82, 2.24) is 4.90 Å². The zero-order valence-corrected chi connectivity index (χ0v) is 15.7. The first-order chi connectivity index (χ1) is 13.8. The number of para-hydroxylation sites is 1. The molecule has 0 bridgehead atoms. The van der Waals surface area contributed by atoms with E-state index >= 15 is 0 Å². The molecule has 156 valence electrons. The van der Waals surface area contributed by atoms with Crippen LogP contribution in [0.5, 0.6) is 11.5 Å². The number of hydrogen-bond donors (Lipinski definition) is 1. The molecule has 0 amide bonds. The number of likely N-dealkylation sites (tertiary alicyclic amines) is 1. The van der Waals surface area contributed by atoms with Gasteiger partial charge in [-0.2, -0.15) is 0 Å². The van der Waals surface area contributed by atoms with Gasteiger partial charge in [-0.15, -0.1) is 13.2 Å². The van der Waals surface area contributed by atoms with E-state index in [1.807, 2.05) is 29.2 Å². The molecule has 0 aromatic heterocycles. The van der Waals surface area contributed by atoms with Crippen LogP contribution in [0.4, 0.5) is 13.2 Å². The number of benzene rings is 2. The summed E-state index contributed by atoms with van der Waals surface area (Å²) in [6, 6.07) is 13.5. The summed E-state index contributed by atoms with van der Waals surface area (Å²) < 4.78 is 47.4. The summed E-state index contributed by atoms with van der Waals surface area (Å²) in [5, 5.41) is 8.76. The summed E-state index contributed by atoms with van der Waals surface area (Å²) in [6.07, 6.45) is -4.19. The van der Waals surface area contributed by atoms with Crippen LogP contribution in [-0.2, 0) is 17.8 Å². The lowest BCUT2D eigenvalue weighted by Crippen LogP contribution is -2.48. The molecule has 1 aliphatic heterocycles. The molecule has 1 fully saturated rings. The third-order valence-electron chi connectivity index (χ3n) is 4.64. The fraction of sp³-hybridized carbons (Fsp3) is 0.381. The van der Waals surface area contributed by atoms with Crippen LogP contribution in [0, 0.1) is 5.92 Å². The Balaban J connectivity index is 1.45. The highest BCUT2D eigenvalue weighted by Crippen LogP contribution is 2.29. The molecule has 1 saturated heterocycles. The summed E-state index contributed by atoms with van der Waals surface area (Å²) in [5.41, 5.74) is 1.40. The second kappa shape index (κ2) is 9.17. The largest absolute Gasteiger partial charge is 0.573 e. The average Bonchev–Trinajstić information content (AvgIpc) is 2.62. The standard InChI is InChI=1S/C21H22F3NO4/c22-21(23,24)29-19-7-2-1-5-17(19)13-25-11-16(12-25)14-28-18-6-3-4-15(10-18)8-9-20(26)27/h1-7,10,16H,8-9,11-14H2,(H,26,27). The number of ether oxygens (including phenoxy) is 2. The molecule has 2 aromatic carbocycles. The van der Waals surface area contributed by atoms with E-state index in [2.05, 4.69) is 4.74 Å². The highest BCUT2D eigenvalue weighted by molar-refractivity contribution is 5.67. The maximum absolute atomic E-state index is 12.5. The fourth-order valence-corrected chi connectivity index (χ4v) is 3.27. The normalized spacial score (nSPS) is 15.0. The van der Waals surface area contributed by atoms with Gasteiger partial charge in [-0.05, 0) is 30.2 Å². The summed E-state index contributed by atoms with van der Waals surface area (Å²) >= 11 is 0. The molecule has 0 atom stereocenters. The van der Waals surface area contributed by atoms with Gasteiger partial charge in [0.05, 0.1) is 6.61 Å². The van der Waals surface area contributed by atoms with Gasteiger partial charge >= 0.3 is 12.3 Å². The molecule has 8 heteroatoms. The highest BCUT2D eigenvalue weighted by atomic mass is 19.4. The van der Waals surface area contributed by atoms with E-state index in [4.69, 9.17) is 9.84 Å². The Kier molecular flexibility index (Phi) is 6.64. The average molecular weight is 409 g/mol. The Hall–Kier alpha value is -2.74. The van der Waals surface area contributed by atoms with Gasteiger partial charge in [-0.25, -0.2) is 0 Å². The lowest BCUT2D eigenvalue weighted by molar-refractivity contribution is -0.275. The molecule has 1 N–H and O–H groups in total. The van der Waals surface area contributed by atoms with Gasteiger partial charge in [0.15, 0.2) is 0 Å². The first-order valence-corrected chi connectivity index (χ1v) is 9.28. The maximum Gasteiger partial charge on any atom is 0.573 e. The summed E-state index contributed by atoms with van der Waals surface area (Å²) in [6.45, 7) is 2.32. The molecule has 2 aromatic rings. The third kappa shape index (κ3) is 6.67. The molecule has 0 saturated carbocycles. The Morgan fingerprint density at radius 2 is 1.90 bits per heavy atom. The van der Waals surface area contributed by atoms with E-state index in [-0.39, 0.29) is 18.1 Å². The molecule has 0 unspecified atom stereocenters. The Bertz CT molecular complexity index is 835. The molecule has 0 radical (unpaired) electrons. The van der Waals surface area contributed by atoms with Crippen molar-refractivity contribution in [2.75, 3.05) is 19.7 Å². The number of carboxylic acid groups (broad SMARTS) is 1. The monoisotopic (exact) mass is 409 g/mol. The number of nitrogens with zero attached hydrogens (tertiary/aromatic N) is 1. The number of carboxylic acids is 1. The van der Waals surface area contributed by atoms with Gasteiger partial charge in [0, 0.05) is 37.5 Å². The van der Waals surface area contributed by atoms with Crippen LogP contribution in [0.25, 0.3) is 0 Å². The molecule has 5 nitrogen and oxygen atoms in total. The van der Waals surface area contributed by atoms with Crippen molar-refractivity contribution in [3.05, 3.63) is 59.7 Å². The molecule has 3 rings (SSSR count). The first kappa shape index (κ1) is 21.0. The molecule has 1 aliphatic rings. The number of aryl methyl sites for hydroxylation is 1. The Morgan fingerprint density at radius 3 is 2.62 bits per heavy atom.